The zero-order valence-corrected chi connectivity index (χ0v) is 14.1. The van der Waals surface area contributed by atoms with Crippen LogP contribution in [0.25, 0.3) is 0 Å². The third-order valence-corrected chi connectivity index (χ3v) is 4.41. The number of benzene rings is 1. The van der Waals surface area contributed by atoms with E-state index in [1.807, 2.05) is 12.3 Å². The zero-order chi connectivity index (χ0) is 16.9. The highest BCUT2D eigenvalue weighted by atomic mass is 32.1. The van der Waals surface area contributed by atoms with E-state index >= 15 is 0 Å². The van der Waals surface area contributed by atoms with Crippen molar-refractivity contribution in [3.05, 3.63) is 40.9 Å². The Morgan fingerprint density at radius 1 is 1.17 bits per heavy atom. The molecule has 1 aromatic carbocycles. The van der Waals surface area contributed by atoms with E-state index in [4.69, 9.17) is 4.74 Å². The first-order valence-corrected chi connectivity index (χ1v) is 8.47. The molecule has 0 bridgehead atoms. The van der Waals surface area contributed by atoms with E-state index in [-0.39, 0.29) is 11.9 Å². The fourth-order valence-corrected chi connectivity index (χ4v) is 2.94. The van der Waals surface area contributed by atoms with Gasteiger partial charge in [0.05, 0.1) is 18.9 Å². The zero-order valence-electron chi connectivity index (χ0n) is 13.2. The standard InChI is InChI=1S/C16H18N4O3S/c1-11-10-24-15(17-11)19-14(21)12-2-4-13(5-3-12)18-16(22)20-6-8-23-9-7-20/h2-5,10H,6-9H2,1H3,(H,18,22)(H,17,19,21). The molecule has 1 aromatic heterocycles. The van der Waals surface area contributed by atoms with Crippen LogP contribution in [0, 0.1) is 6.92 Å². The van der Waals surface area contributed by atoms with Crippen LogP contribution in [0.5, 0.6) is 0 Å². The van der Waals surface area contributed by atoms with E-state index < -0.39 is 0 Å². The second kappa shape index (κ2) is 7.41. The van der Waals surface area contributed by atoms with Gasteiger partial charge < -0.3 is 15.0 Å². The van der Waals surface area contributed by atoms with E-state index in [1.165, 1.54) is 11.3 Å². The molecule has 1 fully saturated rings. The molecule has 2 aromatic rings. The number of anilines is 2. The van der Waals surface area contributed by atoms with Gasteiger partial charge in [0.15, 0.2) is 5.13 Å². The number of carbonyl (C=O) groups is 2. The van der Waals surface area contributed by atoms with E-state index in [0.29, 0.717) is 42.7 Å². The van der Waals surface area contributed by atoms with Crippen molar-refractivity contribution in [3.8, 4) is 0 Å². The number of morpholine rings is 1. The highest BCUT2D eigenvalue weighted by molar-refractivity contribution is 7.13. The molecule has 7 nitrogen and oxygen atoms in total. The maximum absolute atomic E-state index is 12.2. The molecule has 8 heteroatoms. The SMILES string of the molecule is Cc1csc(NC(=O)c2ccc(NC(=O)N3CCOCC3)cc2)n1. The average Bonchev–Trinajstić information content (AvgIpc) is 3.01. The van der Waals surface area contributed by atoms with Gasteiger partial charge in [-0.05, 0) is 31.2 Å². The van der Waals surface area contributed by atoms with Crippen LogP contribution in [0.15, 0.2) is 29.6 Å². The minimum atomic E-state index is -0.226. The molecule has 24 heavy (non-hydrogen) atoms. The summed E-state index contributed by atoms with van der Waals surface area (Å²) >= 11 is 1.38. The van der Waals surface area contributed by atoms with Gasteiger partial charge in [-0.3, -0.25) is 10.1 Å². The number of nitrogens with one attached hydrogen (secondary N) is 2. The summed E-state index contributed by atoms with van der Waals surface area (Å²) in [5.41, 5.74) is 2.02. The number of urea groups is 1. The van der Waals surface area contributed by atoms with Crippen LogP contribution in [0.1, 0.15) is 16.1 Å². The van der Waals surface area contributed by atoms with Crippen molar-refractivity contribution in [1.82, 2.24) is 9.88 Å². The Morgan fingerprint density at radius 2 is 1.88 bits per heavy atom. The van der Waals surface area contributed by atoms with E-state index in [9.17, 15) is 9.59 Å². The molecule has 1 aliphatic heterocycles. The molecule has 0 radical (unpaired) electrons. The second-order valence-corrected chi connectivity index (χ2v) is 6.21. The Labute approximate surface area is 143 Å². The molecule has 0 aliphatic carbocycles. The Balaban J connectivity index is 1.58. The number of nitrogens with zero attached hydrogens (tertiary/aromatic N) is 2. The van der Waals surface area contributed by atoms with Gasteiger partial charge in [-0.15, -0.1) is 11.3 Å². The number of hydrogen-bond acceptors (Lipinski definition) is 5. The van der Waals surface area contributed by atoms with Crippen LogP contribution in [0.3, 0.4) is 0 Å². The lowest BCUT2D eigenvalue weighted by atomic mass is 10.2. The summed E-state index contributed by atoms with van der Waals surface area (Å²) in [5, 5.41) is 8.02. The topological polar surface area (TPSA) is 83.6 Å². The maximum atomic E-state index is 12.2. The molecule has 0 unspecified atom stereocenters. The molecule has 3 rings (SSSR count). The molecule has 0 spiro atoms. The highest BCUT2D eigenvalue weighted by Gasteiger charge is 2.16. The molecular weight excluding hydrogens is 328 g/mol. The summed E-state index contributed by atoms with van der Waals surface area (Å²) in [6.45, 7) is 4.16. The summed E-state index contributed by atoms with van der Waals surface area (Å²) in [4.78, 5) is 30.2. The van der Waals surface area contributed by atoms with Gasteiger partial charge in [-0.25, -0.2) is 9.78 Å². The molecule has 1 saturated heterocycles. The number of rotatable bonds is 3. The minimum absolute atomic E-state index is 0.159. The summed E-state index contributed by atoms with van der Waals surface area (Å²) in [6, 6.07) is 6.60. The quantitative estimate of drug-likeness (QED) is 0.895. The lowest BCUT2D eigenvalue weighted by molar-refractivity contribution is 0.0564. The first-order valence-electron chi connectivity index (χ1n) is 7.59. The first kappa shape index (κ1) is 16.4. The van der Waals surface area contributed by atoms with Crippen LogP contribution >= 0.6 is 11.3 Å². The Hall–Kier alpha value is -2.45. The lowest BCUT2D eigenvalue weighted by Crippen LogP contribution is -2.43. The van der Waals surface area contributed by atoms with Crippen LogP contribution in [0.4, 0.5) is 15.6 Å². The van der Waals surface area contributed by atoms with Crippen molar-refractivity contribution in [2.45, 2.75) is 6.92 Å². The highest BCUT2D eigenvalue weighted by Crippen LogP contribution is 2.17. The molecule has 2 heterocycles. The van der Waals surface area contributed by atoms with Crippen LogP contribution in [-0.2, 0) is 4.74 Å². The third-order valence-electron chi connectivity index (χ3n) is 3.54. The summed E-state index contributed by atoms with van der Waals surface area (Å²) in [5.74, 6) is -0.226. The van der Waals surface area contributed by atoms with Gasteiger partial charge in [0, 0.05) is 29.7 Å². The number of aryl methyl sites for hydroxylation is 1. The molecule has 1 aliphatic rings. The first-order chi connectivity index (χ1) is 11.6. The fourth-order valence-electron chi connectivity index (χ4n) is 2.25. The van der Waals surface area contributed by atoms with Crippen molar-refractivity contribution in [3.63, 3.8) is 0 Å². The van der Waals surface area contributed by atoms with E-state index in [0.717, 1.165) is 5.69 Å². The maximum Gasteiger partial charge on any atom is 0.321 e. The predicted octanol–water partition coefficient (Wildman–Crippen LogP) is 2.57. The molecule has 0 atom stereocenters. The van der Waals surface area contributed by atoms with Crippen LogP contribution in [0.2, 0.25) is 0 Å². The largest absolute Gasteiger partial charge is 0.378 e. The number of amides is 3. The van der Waals surface area contributed by atoms with Gasteiger partial charge in [-0.2, -0.15) is 0 Å². The van der Waals surface area contributed by atoms with E-state index in [2.05, 4.69) is 15.6 Å². The number of hydrogen-bond donors (Lipinski definition) is 2. The summed E-state index contributed by atoms with van der Waals surface area (Å²) < 4.78 is 5.22. The van der Waals surface area contributed by atoms with Gasteiger partial charge in [0.25, 0.3) is 5.91 Å². The number of ether oxygens (including phenoxy) is 1. The molecule has 0 saturated carbocycles. The van der Waals surface area contributed by atoms with E-state index in [1.54, 1.807) is 29.2 Å². The smallest absolute Gasteiger partial charge is 0.321 e. The summed E-state index contributed by atoms with van der Waals surface area (Å²) in [7, 11) is 0. The number of aromatic nitrogens is 1. The van der Waals surface area contributed by atoms with Crippen molar-refractivity contribution in [2.75, 3.05) is 36.9 Å². The number of thiazole rings is 1. The van der Waals surface area contributed by atoms with Gasteiger partial charge in [0.1, 0.15) is 0 Å². The lowest BCUT2D eigenvalue weighted by Gasteiger charge is -2.26. The molecule has 3 amide bonds. The Morgan fingerprint density at radius 3 is 2.50 bits per heavy atom. The second-order valence-electron chi connectivity index (χ2n) is 5.36. The number of carbonyl (C=O) groups excluding carboxylic acids is 2. The minimum Gasteiger partial charge on any atom is -0.378 e. The molecule has 126 valence electrons. The molecular formula is C16H18N4O3S. The third kappa shape index (κ3) is 4.09. The summed E-state index contributed by atoms with van der Waals surface area (Å²) in [6.07, 6.45) is 0. The monoisotopic (exact) mass is 346 g/mol. The van der Waals surface area contributed by atoms with Crippen molar-refractivity contribution in [2.24, 2.45) is 0 Å². The van der Waals surface area contributed by atoms with Gasteiger partial charge >= 0.3 is 6.03 Å². The fraction of sp³-hybridized carbons (Fsp3) is 0.312. The Kier molecular flexibility index (Phi) is 5.07. The van der Waals surface area contributed by atoms with Crippen LogP contribution < -0.4 is 10.6 Å². The van der Waals surface area contributed by atoms with Crippen molar-refractivity contribution < 1.29 is 14.3 Å². The van der Waals surface area contributed by atoms with Gasteiger partial charge in [0.2, 0.25) is 0 Å². The van der Waals surface area contributed by atoms with Crippen LogP contribution in [-0.4, -0.2) is 48.1 Å². The van der Waals surface area contributed by atoms with Crippen molar-refractivity contribution in [1.29, 1.82) is 0 Å². The Bertz CT molecular complexity index is 723. The average molecular weight is 346 g/mol. The van der Waals surface area contributed by atoms with Gasteiger partial charge in [-0.1, -0.05) is 0 Å². The molecule has 2 N–H and O–H groups in total. The normalized spacial score (nSPS) is 14.3. The predicted molar refractivity (Wildman–Crippen MR) is 92.7 cm³/mol. The van der Waals surface area contributed by atoms with Crippen molar-refractivity contribution >= 4 is 34.1 Å².